The van der Waals surface area contributed by atoms with Gasteiger partial charge < -0.3 is 10.5 Å². The zero-order valence-electron chi connectivity index (χ0n) is 14.1. The number of carbonyl (C=O) groups is 1. The number of nitrogens with zero attached hydrogens (tertiary/aromatic N) is 1. The minimum atomic E-state index is -1.08. The summed E-state index contributed by atoms with van der Waals surface area (Å²) in [6.45, 7) is 2.62. The molecule has 5 heteroatoms. The fourth-order valence-corrected chi connectivity index (χ4v) is 3.12. The van der Waals surface area contributed by atoms with E-state index in [2.05, 4.69) is 17.0 Å². The minimum Gasteiger partial charge on any atom is -0.461 e. The highest BCUT2D eigenvalue weighted by Crippen LogP contribution is 2.20. The molecule has 1 atom stereocenters. The van der Waals surface area contributed by atoms with Crippen LogP contribution in [0.15, 0.2) is 54.6 Å². The van der Waals surface area contributed by atoms with Gasteiger partial charge in [0.15, 0.2) is 0 Å². The van der Waals surface area contributed by atoms with Crippen LogP contribution in [0.4, 0.5) is 4.39 Å². The van der Waals surface area contributed by atoms with E-state index in [-0.39, 0.29) is 11.7 Å². The topological polar surface area (TPSA) is 55.6 Å². The summed E-state index contributed by atoms with van der Waals surface area (Å²) in [7, 11) is 0. The largest absolute Gasteiger partial charge is 0.461 e. The summed E-state index contributed by atoms with van der Waals surface area (Å²) in [6, 6.07) is 15.3. The molecule has 1 fully saturated rings. The van der Waals surface area contributed by atoms with Gasteiger partial charge in [0.05, 0.1) is 0 Å². The maximum absolute atomic E-state index is 13.7. The lowest BCUT2D eigenvalue weighted by Gasteiger charge is -2.32. The molecule has 4 nitrogen and oxygen atoms in total. The lowest BCUT2D eigenvalue weighted by molar-refractivity contribution is -0.153. The Hall–Kier alpha value is -2.24. The van der Waals surface area contributed by atoms with Gasteiger partial charge in [0, 0.05) is 25.2 Å². The predicted octanol–water partition coefficient (Wildman–Crippen LogP) is 3.03. The molecule has 0 amide bonds. The summed E-state index contributed by atoms with van der Waals surface area (Å²) >= 11 is 0. The summed E-state index contributed by atoms with van der Waals surface area (Å²) in [5, 5.41) is 0. The SMILES string of the molecule is NC(C(=O)OC1CCN(Cc2ccccc2)CC1)c1ccccc1F. The second-order valence-electron chi connectivity index (χ2n) is 6.40. The van der Waals surface area contributed by atoms with Crippen molar-refractivity contribution in [1.82, 2.24) is 4.90 Å². The summed E-state index contributed by atoms with van der Waals surface area (Å²) in [5.41, 5.74) is 7.31. The molecule has 1 unspecified atom stereocenters. The summed E-state index contributed by atoms with van der Waals surface area (Å²) in [4.78, 5) is 14.6. The molecule has 2 N–H and O–H groups in total. The Bertz CT molecular complexity index is 700. The van der Waals surface area contributed by atoms with Crippen LogP contribution >= 0.6 is 0 Å². The van der Waals surface area contributed by atoms with Gasteiger partial charge in [0.2, 0.25) is 0 Å². The van der Waals surface area contributed by atoms with Crippen molar-refractivity contribution in [3.05, 3.63) is 71.5 Å². The Labute approximate surface area is 147 Å². The van der Waals surface area contributed by atoms with Crippen molar-refractivity contribution in [2.24, 2.45) is 5.73 Å². The molecule has 1 aliphatic heterocycles. The lowest BCUT2D eigenvalue weighted by atomic mass is 10.1. The molecule has 2 aromatic rings. The first-order chi connectivity index (χ1) is 12.1. The van der Waals surface area contributed by atoms with E-state index in [0.29, 0.717) is 0 Å². The van der Waals surface area contributed by atoms with Crippen LogP contribution in [0.5, 0.6) is 0 Å². The molecule has 1 aliphatic rings. The molecule has 132 valence electrons. The smallest absolute Gasteiger partial charge is 0.327 e. The fraction of sp³-hybridized carbons (Fsp3) is 0.350. The average Bonchev–Trinajstić information content (AvgIpc) is 2.64. The number of nitrogens with two attached hydrogens (primary N) is 1. The van der Waals surface area contributed by atoms with Crippen LogP contribution in [0, 0.1) is 5.82 Å². The van der Waals surface area contributed by atoms with Gasteiger partial charge in [-0.3, -0.25) is 4.90 Å². The quantitative estimate of drug-likeness (QED) is 0.849. The van der Waals surface area contributed by atoms with E-state index < -0.39 is 17.8 Å². The van der Waals surface area contributed by atoms with Gasteiger partial charge in [-0.2, -0.15) is 0 Å². The van der Waals surface area contributed by atoms with Gasteiger partial charge >= 0.3 is 5.97 Å². The zero-order chi connectivity index (χ0) is 17.6. The monoisotopic (exact) mass is 342 g/mol. The van der Waals surface area contributed by atoms with E-state index in [9.17, 15) is 9.18 Å². The Morgan fingerprint density at radius 1 is 1.12 bits per heavy atom. The van der Waals surface area contributed by atoms with Gasteiger partial charge in [-0.15, -0.1) is 0 Å². The first kappa shape index (κ1) is 17.6. The number of ether oxygens (including phenoxy) is 1. The minimum absolute atomic E-state index is 0.155. The van der Waals surface area contributed by atoms with Crippen LogP contribution in [-0.2, 0) is 16.1 Å². The van der Waals surface area contributed by atoms with Crippen molar-refractivity contribution in [1.29, 1.82) is 0 Å². The van der Waals surface area contributed by atoms with Gasteiger partial charge in [0.25, 0.3) is 0 Å². The van der Waals surface area contributed by atoms with E-state index in [0.717, 1.165) is 32.5 Å². The first-order valence-corrected chi connectivity index (χ1v) is 8.60. The molecule has 0 saturated carbocycles. The third-order valence-electron chi connectivity index (χ3n) is 4.56. The molecule has 1 saturated heterocycles. The number of likely N-dealkylation sites (tertiary alicyclic amines) is 1. The normalized spacial score (nSPS) is 17.2. The lowest BCUT2D eigenvalue weighted by Crippen LogP contribution is -2.38. The highest BCUT2D eigenvalue weighted by Gasteiger charge is 2.26. The van der Waals surface area contributed by atoms with Crippen molar-refractivity contribution >= 4 is 5.97 Å². The number of hydrogen-bond donors (Lipinski definition) is 1. The van der Waals surface area contributed by atoms with Crippen molar-refractivity contribution in [3.63, 3.8) is 0 Å². The van der Waals surface area contributed by atoms with Gasteiger partial charge in [-0.25, -0.2) is 9.18 Å². The maximum Gasteiger partial charge on any atom is 0.327 e. The molecule has 3 rings (SSSR count). The van der Waals surface area contributed by atoms with E-state index >= 15 is 0 Å². The second kappa shape index (κ2) is 8.23. The van der Waals surface area contributed by atoms with E-state index in [1.54, 1.807) is 12.1 Å². The van der Waals surface area contributed by atoms with Crippen molar-refractivity contribution in [2.75, 3.05) is 13.1 Å². The number of esters is 1. The van der Waals surface area contributed by atoms with Crippen LogP contribution in [0.2, 0.25) is 0 Å². The Morgan fingerprint density at radius 3 is 2.44 bits per heavy atom. The van der Waals surface area contributed by atoms with Gasteiger partial charge in [0.1, 0.15) is 18.0 Å². The third kappa shape index (κ3) is 4.65. The van der Waals surface area contributed by atoms with Crippen LogP contribution in [-0.4, -0.2) is 30.1 Å². The predicted molar refractivity (Wildman–Crippen MR) is 94.2 cm³/mol. The second-order valence-corrected chi connectivity index (χ2v) is 6.40. The van der Waals surface area contributed by atoms with E-state index in [1.807, 2.05) is 18.2 Å². The Balaban J connectivity index is 1.48. The average molecular weight is 342 g/mol. The summed E-state index contributed by atoms with van der Waals surface area (Å²) < 4.78 is 19.2. The highest BCUT2D eigenvalue weighted by atomic mass is 19.1. The van der Waals surface area contributed by atoms with Crippen molar-refractivity contribution in [3.8, 4) is 0 Å². The van der Waals surface area contributed by atoms with Gasteiger partial charge in [-0.1, -0.05) is 48.5 Å². The van der Waals surface area contributed by atoms with Gasteiger partial charge in [-0.05, 0) is 24.5 Å². The number of halogens is 1. The Kier molecular flexibility index (Phi) is 5.79. The van der Waals surface area contributed by atoms with Crippen molar-refractivity contribution < 1.29 is 13.9 Å². The molecule has 25 heavy (non-hydrogen) atoms. The first-order valence-electron chi connectivity index (χ1n) is 8.60. The number of benzene rings is 2. The number of hydrogen-bond acceptors (Lipinski definition) is 4. The molecule has 0 aliphatic carbocycles. The van der Waals surface area contributed by atoms with Crippen LogP contribution in [0.3, 0.4) is 0 Å². The molecular formula is C20H23FN2O2. The van der Waals surface area contributed by atoms with Crippen molar-refractivity contribution in [2.45, 2.75) is 31.5 Å². The standard InChI is InChI=1S/C20H23FN2O2/c21-18-9-5-4-8-17(18)19(22)20(24)25-16-10-12-23(13-11-16)14-15-6-2-1-3-7-15/h1-9,16,19H,10-14,22H2. The van der Waals surface area contributed by atoms with E-state index in [4.69, 9.17) is 10.5 Å². The van der Waals surface area contributed by atoms with E-state index in [1.165, 1.54) is 17.7 Å². The number of carbonyl (C=O) groups excluding carboxylic acids is 1. The molecule has 0 spiro atoms. The highest BCUT2D eigenvalue weighted by molar-refractivity contribution is 5.77. The fourth-order valence-electron chi connectivity index (χ4n) is 3.12. The van der Waals surface area contributed by atoms with Crippen LogP contribution in [0.25, 0.3) is 0 Å². The molecule has 0 radical (unpaired) electrons. The molecule has 0 aromatic heterocycles. The zero-order valence-corrected chi connectivity index (χ0v) is 14.1. The van der Waals surface area contributed by atoms with Crippen LogP contribution in [0.1, 0.15) is 30.0 Å². The summed E-state index contributed by atoms with van der Waals surface area (Å²) in [5.74, 6) is -1.05. The molecule has 0 bridgehead atoms. The Morgan fingerprint density at radius 2 is 1.76 bits per heavy atom. The molecule has 2 aromatic carbocycles. The maximum atomic E-state index is 13.7. The summed E-state index contributed by atoms with van der Waals surface area (Å²) in [6.07, 6.45) is 1.38. The number of rotatable bonds is 5. The third-order valence-corrected chi connectivity index (χ3v) is 4.56. The molecular weight excluding hydrogens is 319 g/mol. The van der Waals surface area contributed by atoms with Crippen LogP contribution < -0.4 is 5.73 Å². The number of piperidine rings is 1. The molecule has 1 heterocycles.